The standard InChI is InChI=1S/C23H41N5O3.3ClH/c29-22(31-21-4-2-1-3-5-21)18-26-12-8-19(9-13-26)25-23(30)28-16-14-27(15-17-28)20-6-10-24-11-7-20;;;/h19-21,24H,1-18H2,(H,25,30);3*1H. The average Bonchev–Trinajstić information content (AvgIpc) is 2.81. The Labute approximate surface area is 223 Å². The molecule has 3 saturated heterocycles. The Hall–Kier alpha value is -0.510. The van der Waals surface area contributed by atoms with Gasteiger partial charge in [-0.3, -0.25) is 14.6 Å². The van der Waals surface area contributed by atoms with E-state index in [2.05, 4.69) is 20.4 Å². The molecule has 4 rings (SSSR count). The molecule has 0 radical (unpaired) electrons. The molecule has 0 bridgehead atoms. The van der Waals surface area contributed by atoms with E-state index in [9.17, 15) is 9.59 Å². The van der Waals surface area contributed by atoms with Crippen molar-refractivity contribution in [1.29, 1.82) is 0 Å². The summed E-state index contributed by atoms with van der Waals surface area (Å²) >= 11 is 0. The highest BCUT2D eigenvalue weighted by molar-refractivity contribution is 5.86. The summed E-state index contributed by atoms with van der Waals surface area (Å²) < 4.78 is 5.65. The predicted molar refractivity (Wildman–Crippen MR) is 142 cm³/mol. The molecule has 0 aromatic heterocycles. The summed E-state index contributed by atoms with van der Waals surface area (Å²) in [6, 6.07) is 0.973. The van der Waals surface area contributed by atoms with Gasteiger partial charge in [0, 0.05) is 51.4 Å². The van der Waals surface area contributed by atoms with Gasteiger partial charge in [0.05, 0.1) is 6.54 Å². The second kappa shape index (κ2) is 16.3. The summed E-state index contributed by atoms with van der Waals surface area (Å²) in [6.07, 6.45) is 10.0. The van der Waals surface area contributed by atoms with Crippen molar-refractivity contribution in [3.05, 3.63) is 0 Å². The quantitative estimate of drug-likeness (QED) is 0.518. The lowest BCUT2D eigenvalue weighted by atomic mass is 9.98. The number of nitrogens with zero attached hydrogens (tertiary/aromatic N) is 3. The van der Waals surface area contributed by atoms with Gasteiger partial charge in [-0.25, -0.2) is 4.79 Å². The first-order chi connectivity index (χ1) is 15.2. The summed E-state index contributed by atoms with van der Waals surface area (Å²) in [4.78, 5) is 31.7. The molecule has 3 heterocycles. The van der Waals surface area contributed by atoms with E-state index in [0.717, 1.165) is 78.0 Å². The van der Waals surface area contributed by atoms with E-state index >= 15 is 0 Å². The number of piperazine rings is 1. The summed E-state index contributed by atoms with van der Waals surface area (Å²) in [6.45, 7) is 7.91. The van der Waals surface area contributed by atoms with Crippen LogP contribution in [0.1, 0.15) is 57.8 Å². The largest absolute Gasteiger partial charge is 0.461 e. The van der Waals surface area contributed by atoms with Gasteiger partial charge in [-0.1, -0.05) is 6.42 Å². The molecule has 200 valence electrons. The van der Waals surface area contributed by atoms with Crippen LogP contribution in [0.4, 0.5) is 4.79 Å². The van der Waals surface area contributed by atoms with Gasteiger partial charge in [0.2, 0.25) is 0 Å². The van der Waals surface area contributed by atoms with Gasteiger partial charge in [-0.05, 0) is 64.5 Å². The number of piperidine rings is 2. The molecular formula is C23H44Cl3N5O3. The summed E-state index contributed by atoms with van der Waals surface area (Å²) in [7, 11) is 0. The second-order valence-corrected chi connectivity index (χ2v) is 9.75. The summed E-state index contributed by atoms with van der Waals surface area (Å²) in [5, 5.41) is 6.67. The van der Waals surface area contributed by atoms with Crippen LogP contribution in [0, 0.1) is 0 Å². The van der Waals surface area contributed by atoms with Crippen LogP contribution >= 0.6 is 37.2 Å². The van der Waals surface area contributed by atoms with Crippen molar-refractivity contribution in [3.63, 3.8) is 0 Å². The lowest BCUT2D eigenvalue weighted by Gasteiger charge is -2.41. The number of hydrogen-bond acceptors (Lipinski definition) is 6. The van der Waals surface area contributed by atoms with Crippen molar-refractivity contribution in [2.75, 3.05) is 58.9 Å². The van der Waals surface area contributed by atoms with Crippen LogP contribution in [0.15, 0.2) is 0 Å². The molecule has 1 saturated carbocycles. The predicted octanol–water partition coefficient (Wildman–Crippen LogP) is 2.67. The summed E-state index contributed by atoms with van der Waals surface area (Å²) in [5.74, 6) is -0.0824. The van der Waals surface area contributed by atoms with Crippen LogP contribution in [0.2, 0.25) is 0 Å². The Morgan fingerprint density at radius 3 is 2.03 bits per heavy atom. The molecule has 4 aliphatic rings. The highest BCUT2D eigenvalue weighted by atomic mass is 35.5. The van der Waals surface area contributed by atoms with Gasteiger partial charge in [0.1, 0.15) is 6.10 Å². The molecule has 34 heavy (non-hydrogen) atoms. The molecule has 1 aliphatic carbocycles. The highest BCUT2D eigenvalue weighted by Crippen LogP contribution is 2.21. The smallest absolute Gasteiger partial charge is 0.320 e. The van der Waals surface area contributed by atoms with Gasteiger partial charge in [-0.2, -0.15) is 0 Å². The number of hydrogen-bond donors (Lipinski definition) is 2. The third kappa shape index (κ3) is 9.51. The van der Waals surface area contributed by atoms with Crippen LogP contribution < -0.4 is 10.6 Å². The Kier molecular flexibility index (Phi) is 15.1. The van der Waals surface area contributed by atoms with Crippen molar-refractivity contribution >= 4 is 49.2 Å². The van der Waals surface area contributed by atoms with Crippen molar-refractivity contribution in [2.45, 2.75) is 76.0 Å². The van der Waals surface area contributed by atoms with Crippen LogP contribution in [-0.2, 0) is 9.53 Å². The average molecular weight is 545 g/mol. The molecule has 4 fully saturated rings. The zero-order valence-corrected chi connectivity index (χ0v) is 22.7. The monoisotopic (exact) mass is 543 g/mol. The first-order valence-corrected chi connectivity index (χ1v) is 12.6. The first-order valence-electron chi connectivity index (χ1n) is 12.6. The number of carbonyl (C=O) groups excluding carboxylic acids is 2. The van der Waals surface area contributed by atoms with Crippen LogP contribution in [0.3, 0.4) is 0 Å². The van der Waals surface area contributed by atoms with Gasteiger partial charge < -0.3 is 20.3 Å². The van der Waals surface area contributed by atoms with Crippen molar-refractivity contribution in [1.82, 2.24) is 25.3 Å². The van der Waals surface area contributed by atoms with E-state index in [4.69, 9.17) is 4.74 Å². The third-order valence-corrected chi connectivity index (χ3v) is 7.54. The number of halogens is 3. The number of likely N-dealkylation sites (tertiary alicyclic amines) is 1. The molecule has 0 atom stereocenters. The number of carbonyl (C=O) groups is 2. The molecule has 2 amide bonds. The molecule has 8 nitrogen and oxygen atoms in total. The lowest BCUT2D eigenvalue weighted by Crippen LogP contribution is -2.57. The maximum atomic E-state index is 12.7. The topological polar surface area (TPSA) is 77.2 Å². The Bertz CT molecular complexity index is 590. The number of rotatable bonds is 5. The fourth-order valence-corrected chi connectivity index (χ4v) is 5.55. The normalized spacial score (nSPS) is 23.7. The van der Waals surface area contributed by atoms with Gasteiger partial charge in [0.15, 0.2) is 0 Å². The van der Waals surface area contributed by atoms with Gasteiger partial charge in [0.25, 0.3) is 0 Å². The Morgan fingerprint density at radius 2 is 1.41 bits per heavy atom. The molecule has 11 heteroatoms. The SMILES string of the molecule is Cl.Cl.Cl.O=C(CN1CCC(NC(=O)N2CCN(C3CCNCC3)CC2)CC1)OC1CCCCC1. The Balaban J connectivity index is 0.00000193. The number of ether oxygens (including phenoxy) is 1. The molecule has 2 N–H and O–H groups in total. The molecule has 0 unspecified atom stereocenters. The molecular weight excluding hydrogens is 501 g/mol. The van der Waals surface area contributed by atoms with Crippen molar-refractivity contribution < 1.29 is 14.3 Å². The Morgan fingerprint density at radius 1 is 0.794 bits per heavy atom. The molecule has 0 aromatic carbocycles. The molecule has 3 aliphatic heterocycles. The van der Waals surface area contributed by atoms with E-state index < -0.39 is 0 Å². The summed E-state index contributed by atoms with van der Waals surface area (Å²) in [5.41, 5.74) is 0. The van der Waals surface area contributed by atoms with Gasteiger partial charge >= 0.3 is 12.0 Å². The maximum absolute atomic E-state index is 12.7. The van der Waals surface area contributed by atoms with Crippen LogP contribution in [0.5, 0.6) is 0 Å². The zero-order valence-electron chi connectivity index (χ0n) is 20.3. The van der Waals surface area contributed by atoms with Crippen LogP contribution in [0.25, 0.3) is 0 Å². The lowest BCUT2D eigenvalue weighted by molar-refractivity contribution is -0.152. The second-order valence-electron chi connectivity index (χ2n) is 9.75. The minimum Gasteiger partial charge on any atom is -0.461 e. The highest BCUT2D eigenvalue weighted by Gasteiger charge is 2.29. The third-order valence-electron chi connectivity index (χ3n) is 7.54. The fourth-order valence-electron chi connectivity index (χ4n) is 5.55. The number of esters is 1. The number of urea groups is 1. The van der Waals surface area contributed by atoms with E-state index in [0.29, 0.717) is 12.6 Å². The van der Waals surface area contributed by atoms with E-state index in [-0.39, 0.29) is 61.4 Å². The van der Waals surface area contributed by atoms with E-state index in [1.54, 1.807) is 0 Å². The minimum atomic E-state index is -0.0824. The minimum absolute atomic E-state index is 0. The number of nitrogens with one attached hydrogen (secondary N) is 2. The number of amides is 2. The van der Waals surface area contributed by atoms with Crippen molar-refractivity contribution in [3.8, 4) is 0 Å². The van der Waals surface area contributed by atoms with Crippen LogP contribution in [-0.4, -0.2) is 104 Å². The zero-order chi connectivity index (χ0) is 21.5. The molecule has 0 spiro atoms. The first kappa shape index (κ1) is 31.5. The van der Waals surface area contributed by atoms with E-state index in [1.807, 2.05) is 4.90 Å². The maximum Gasteiger partial charge on any atom is 0.320 e. The fraction of sp³-hybridized carbons (Fsp3) is 0.913. The molecule has 0 aromatic rings. The van der Waals surface area contributed by atoms with E-state index in [1.165, 1.54) is 32.1 Å². The van der Waals surface area contributed by atoms with Gasteiger partial charge in [-0.15, -0.1) is 37.2 Å². The van der Waals surface area contributed by atoms with Crippen molar-refractivity contribution in [2.24, 2.45) is 0 Å².